The number of fused-ring (bicyclic) bond motifs is 1. The van der Waals surface area contributed by atoms with Crippen molar-refractivity contribution < 1.29 is 4.42 Å². The summed E-state index contributed by atoms with van der Waals surface area (Å²) >= 11 is 1.33. The molecule has 0 unspecified atom stereocenters. The lowest BCUT2D eigenvalue weighted by Crippen LogP contribution is -2.15. The zero-order chi connectivity index (χ0) is 11.2. The molecule has 0 bridgehead atoms. The lowest BCUT2D eigenvalue weighted by Gasteiger charge is -2.01. The van der Waals surface area contributed by atoms with Gasteiger partial charge in [0.05, 0.1) is 0 Å². The molecule has 2 rings (SSSR count). The molecule has 0 spiro atoms. The van der Waals surface area contributed by atoms with Gasteiger partial charge in [0, 0.05) is 10.4 Å². The average molecular weight is 222 g/mol. The minimum atomic E-state index is -0.252. The topological polar surface area (TPSA) is 47.3 Å². The van der Waals surface area contributed by atoms with E-state index in [1.54, 1.807) is 13.8 Å². The molecule has 15 heavy (non-hydrogen) atoms. The van der Waals surface area contributed by atoms with Crippen molar-refractivity contribution in [3.63, 3.8) is 0 Å². The Labute approximate surface area is 90.0 Å². The molecule has 4 heteroatoms. The van der Waals surface area contributed by atoms with Crippen molar-refractivity contribution in [3.05, 3.63) is 42.7 Å². The second-order valence-electron chi connectivity index (χ2n) is 3.50. The first-order valence-corrected chi connectivity index (χ1v) is 5.37. The van der Waals surface area contributed by atoms with Crippen LogP contribution in [0, 0.1) is 20.8 Å². The minimum Gasteiger partial charge on any atom is -0.450 e. The highest BCUT2D eigenvalue weighted by atomic mass is 32.1. The van der Waals surface area contributed by atoms with Crippen LogP contribution in [0.15, 0.2) is 20.1 Å². The third kappa shape index (κ3) is 1.51. The summed E-state index contributed by atoms with van der Waals surface area (Å²) in [5.74, 6) is 0.578. The van der Waals surface area contributed by atoms with Crippen LogP contribution in [0.4, 0.5) is 0 Å². The van der Waals surface area contributed by atoms with Crippen LogP contribution in [-0.2, 0) is 0 Å². The van der Waals surface area contributed by atoms with E-state index in [0.717, 1.165) is 4.88 Å². The van der Waals surface area contributed by atoms with E-state index in [9.17, 15) is 9.59 Å². The van der Waals surface area contributed by atoms with Gasteiger partial charge < -0.3 is 4.42 Å². The molecule has 0 radical (unpaired) electrons. The third-order valence-corrected chi connectivity index (χ3v) is 3.29. The first kappa shape index (κ1) is 10.1. The Kier molecular flexibility index (Phi) is 2.23. The van der Waals surface area contributed by atoms with Crippen LogP contribution in [0.3, 0.4) is 0 Å². The second-order valence-corrected chi connectivity index (χ2v) is 4.71. The number of hydrogen-bond donors (Lipinski definition) is 0. The zero-order valence-corrected chi connectivity index (χ0v) is 9.53. The van der Waals surface area contributed by atoms with Crippen LogP contribution in [0.1, 0.15) is 16.2 Å². The first-order valence-electron chi connectivity index (χ1n) is 4.55. The molecular weight excluding hydrogens is 212 g/mol. The van der Waals surface area contributed by atoms with Gasteiger partial charge in [-0.25, -0.2) is 0 Å². The molecule has 3 nitrogen and oxygen atoms in total. The van der Waals surface area contributed by atoms with E-state index in [2.05, 4.69) is 0 Å². The molecule has 2 aromatic heterocycles. The predicted molar refractivity (Wildman–Crippen MR) is 60.8 cm³/mol. The van der Waals surface area contributed by atoms with E-state index in [0.29, 0.717) is 16.2 Å². The third-order valence-electron chi connectivity index (χ3n) is 2.38. The lowest BCUT2D eigenvalue weighted by atomic mass is 10.2. The largest absolute Gasteiger partial charge is 0.450 e. The molecule has 0 fully saturated rings. The molecule has 2 aromatic rings. The smallest absolute Gasteiger partial charge is 0.200 e. The van der Waals surface area contributed by atoms with Crippen molar-refractivity contribution in [2.45, 2.75) is 20.8 Å². The van der Waals surface area contributed by atoms with Gasteiger partial charge in [0.1, 0.15) is 11.1 Å². The van der Waals surface area contributed by atoms with E-state index in [1.165, 1.54) is 17.4 Å². The molecule has 2 heterocycles. The quantitative estimate of drug-likeness (QED) is 0.686. The molecular formula is C11H10O3S. The van der Waals surface area contributed by atoms with Gasteiger partial charge >= 0.3 is 0 Å². The number of rotatable bonds is 0. The van der Waals surface area contributed by atoms with Crippen molar-refractivity contribution in [2.75, 3.05) is 0 Å². The number of hydrogen-bond acceptors (Lipinski definition) is 4. The van der Waals surface area contributed by atoms with Crippen molar-refractivity contribution in [1.29, 1.82) is 0 Å². The standard InChI is InChI=1S/C11H10O3S/c1-5-4-8(12)9-10(13)6(2)7(3)14-11(9)15-5/h4H,1-3H3. The first-order chi connectivity index (χ1) is 7.00. The fraction of sp³-hybridized carbons (Fsp3) is 0.273. The number of aryl methyl sites for hydroxylation is 2. The molecule has 0 aromatic carbocycles. The molecule has 78 valence electrons. The van der Waals surface area contributed by atoms with Gasteiger partial charge in [-0.1, -0.05) is 0 Å². The monoisotopic (exact) mass is 222 g/mol. The van der Waals surface area contributed by atoms with Gasteiger partial charge in [0.2, 0.25) is 5.43 Å². The highest BCUT2D eigenvalue weighted by molar-refractivity contribution is 7.17. The molecule has 0 amide bonds. The Balaban J connectivity index is 3.13. The van der Waals surface area contributed by atoms with Crippen LogP contribution in [-0.4, -0.2) is 0 Å². The van der Waals surface area contributed by atoms with Gasteiger partial charge in [-0.2, -0.15) is 0 Å². The van der Waals surface area contributed by atoms with E-state index >= 15 is 0 Å². The normalized spacial score (nSPS) is 10.9. The summed E-state index contributed by atoms with van der Waals surface area (Å²) in [6.45, 7) is 5.22. The van der Waals surface area contributed by atoms with Crippen molar-refractivity contribution in [2.24, 2.45) is 0 Å². The van der Waals surface area contributed by atoms with Crippen LogP contribution in [0.2, 0.25) is 0 Å². The van der Waals surface area contributed by atoms with Gasteiger partial charge in [-0.15, -0.1) is 11.3 Å². The van der Waals surface area contributed by atoms with Crippen LogP contribution >= 0.6 is 11.3 Å². The predicted octanol–water partition coefficient (Wildman–Crippen LogP) is 2.14. The summed E-state index contributed by atoms with van der Waals surface area (Å²) in [6, 6.07) is 1.47. The maximum atomic E-state index is 11.8. The van der Waals surface area contributed by atoms with Crippen LogP contribution < -0.4 is 10.9 Å². The van der Waals surface area contributed by atoms with E-state index in [-0.39, 0.29) is 16.2 Å². The van der Waals surface area contributed by atoms with Crippen molar-refractivity contribution >= 4 is 21.6 Å². The maximum Gasteiger partial charge on any atom is 0.200 e. The Bertz CT molecular complexity index is 649. The van der Waals surface area contributed by atoms with Gasteiger partial charge in [0.25, 0.3) is 0 Å². The average Bonchev–Trinajstić information content (AvgIpc) is 2.13. The van der Waals surface area contributed by atoms with E-state index in [4.69, 9.17) is 4.42 Å². The fourth-order valence-corrected chi connectivity index (χ4v) is 2.34. The van der Waals surface area contributed by atoms with E-state index in [1.807, 2.05) is 6.92 Å². The highest BCUT2D eigenvalue weighted by Gasteiger charge is 2.11. The minimum absolute atomic E-state index is 0.175. The Morgan fingerprint density at radius 1 is 1.20 bits per heavy atom. The Morgan fingerprint density at radius 2 is 1.87 bits per heavy atom. The SMILES string of the molecule is Cc1cc(=O)c2c(=O)c(C)c(C)oc2s1. The molecule has 0 aliphatic heterocycles. The molecule has 0 saturated heterocycles. The Morgan fingerprint density at radius 3 is 2.53 bits per heavy atom. The summed E-state index contributed by atoms with van der Waals surface area (Å²) in [5, 5.41) is 0.175. The lowest BCUT2D eigenvalue weighted by molar-refractivity contribution is 0.565. The summed E-state index contributed by atoms with van der Waals surface area (Å²) in [6.07, 6.45) is 0. The molecule has 0 N–H and O–H groups in total. The molecule has 0 aliphatic carbocycles. The summed E-state index contributed by atoms with van der Waals surface area (Å²) < 4.78 is 5.45. The van der Waals surface area contributed by atoms with Crippen molar-refractivity contribution in [1.82, 2.24) is 0 Å². The zero-order valence-electron chi connectivity index (χ0n) is 8.71. The summed E-state index contributed by atoms with van der Waals surface area (Å²) in [5.41, 5.74) is 0.0451. The van der Waals surface area contributed by atoms with Crippen LogP contribution in [0.5, 0.6) is 0 Å². The van der Waals surface area contributed by atoms with E-state index < -0.39 is 0 Å². The summed E-state index contributed by atoms with van der Waals surface area (Å²) in [4.78, 5) is 24.7. The van der Waals surface area contributed by atoms with Gasteiger partial charge in [0.15, 0.2) is 10.3 Å². The molecule has 0 atom stereocenters. The fourth-order valence-electron chi connectivity index (χ4n) is 1.42. The van der Waals surface area contributed by atoms with Crippen LogP contribution in [0.25, 0.3) is 10.3 Å². The summed E-state index contributed by atoms with van der Waals surface area (Å²) in [7, 11) is 0. The maximum absolute atomic E-state index is 11.8. The Hall–Kier alpha value is -1.42. The second kappa shape index (κ2) is 3.31. The van der Waals surface area contributed by atoms with Gasteiger partial charge in [-0.3, -0.25) is 9.59 Å². The molecule has 0 saturated carbocycles. The van der Waals surface area contributed by atoms with Crippen molar-refractivity contribution in [3.8, 4) is 0 Å². The highest BCUT2D eigenvalue weighted by Crippen LogP contribution is 2.18. The van der Waals surface area contributed by atoms with Gasteiger partial charge in [-0.05, 0) is 26.8 Å². The molecule has 0 aliphatic rings.